The Morgan fingerprint density at radius 3 is 1.23 bits per heavy atom. The molecule has 1 saturated heterocycles. The van der Waals surface area contributed by atoms with Crippen LogP contribution in [0.3, 0.4) is 0 Å². The second-order valence-electron chi connectivity index (χ2n) is 5.90. The zero-order chi connectivity index (χ0) is 19.6. The minimum atomic E-state index is -4.50. The van der Waals surface area contributed by atoms with E-state index in [2.05, 4.69) is 13.9 Å². The van der Waals surface area contributed by atoms with Crippen molar-refractivity contribution in [3.63, 3.8) is 0 Å². The molecule has 1 rings (SSSR count). The summed E-state index contributed by atoms with van der Waals surface area (Å²) in [5.74, 6) is 0. The summed E-state index contributed by atoms with van der Waals surface area (Å²) in [5, 5.41) is 9.16. The van der Waals surface area contributed by atoms with Crippen LogP contribution in [0.1, 0.15) is 0 Å². The molecule has 0 spiro atoms. The largest absolute Gasteiger partial charge is 0.469 e. The summed E-state index contributed by atoms with van der Waals surface area (Å²) in [4.78, 5) is 41.1. The number of β-amino-alcohol motifs (C(OH)–C–C–N with tert-alkyl or cyclic N) is 1. The number of nitrogens with zero attached hydrogens (tertiary/aromatic N) is 3. The predicted molar refractivity (Wildman–Crippen MR) is 92.4 cm³/mol. The lowest BCUT2D eigenvalue weighted by atomic mass is 10.4. The Balaban J connectivity index is 2.55. The molecule has 0 bridgehead atoms. The molecular weight excluding hydrogens is 392 g/mol. The highest BCUT2D eigenvalue weighted by Crippen LogP contribution is 2.35. The van der Waals surface area contributed by atoms with E-state index < -0.39 is 15.6 Å². The van der Waals surface area contributed by atoms with Gasteiger partial charge in [0.1, 0.15) is 0 Å². The molecule has 0 aliphatic carbocycles. The topological polar surface area (TPSA) is 163 Å². The summed E-state index contributed by atoms with van der Waals surface area (Å²) in [7, 11) is -9.00. The van der Waals surface area contributed by atoms with Crippen molar-refractivity contribution >= 4 is 15.6 Å². The first kappa shape index (κ1) is 24.1. The van der Waals surface area contributed by atoms with E-state index >= 15 is 0 Å². The number of hydrogen-bond acceptors (Lipinski definition) is 8. The Hall–Kier alpha value is 0.0600. The molecule has 1 aliphatic heterocycles. The fourth-order valence-electron chi connectivity index (χ4n) is 2.57. The lowest BCUT2D eigenvalue weighted by molar-refractivity contribution is 0.140. The average molecular weight is 421 g/mol. The average Bonchev–Trinajstić information content (AvgIpc) is 2.58. The normalized spacial score (nSPS) is 19.9. The first-order valence-electron chi connectivity index (χ1n) is 8.27. The fraction of sp³-hybridized carbons (Fsp3) is 1.00. The molecule has 156 valence electrons. The van der Waals surface area contributed by atoms with Crippen LogP contribution in [0.5, 0.6) is 0 Å². The number of rotatable bonds is 10. The van der Waals surface area contributed by atoms with Gasteiger partial charge in [-0.05, 0) is 0 Å². The third kappa shape index (κ3) is 12.4. The number of phosphoric acid groups is 2. The molecule has 0 amide bonds. The zero-order valence-corrected chi connectivity index (χ0v) is 16.4. The van der Waals surface area contributed by atoms with Gasteiger partial charge in [0.15, 0.2) is 0 Å². The van der Waals surface area contributed by atoms with Crippen molar-refractivity contribution in [1.82, 2.24) is 14.7 Å². The lowest BCUT2D eigenvalue weighted by Gasteiger charge is -2.25. The Labute approximate surface area is 152 Å². The maximum atomic E-state index is 10.8. The Kier molecular flexibility index (Phi) is 10.9. The first-order valence-corrected chi connectivity index (χ1v) is 11.3. The number of aliphatic hydroxyl groups is 1. The third-order valence-corrected chi connectivity index (χ3v) is 4.99. The van der Waals surface area contributed by atoms with Crippen LogP contribution < -0.4 is 0 Å². The number of phosphoric ester groups is 2. The Bertz CT molecular complexity index is 447. The quantitative estimate of drug-likeness (QED) is 0.250. The van der Waals surface area contributed by atoms with E-state index in [0.717, 1.165) is 0 Å². The van der Waals surface area contributed by atoms with Gasteiger partial charge in [0.2, 0.25) is 0 Å². The van der Waals surface area contributed by atoms with E-state index in [0.29, 0.717) is 58.9 Å². The van der Waals surface area contributed by atoms with Crippen molar-refractivity contribution in [2.24, 2.45) is 0 Å². The summed E-state index contributed by atoms with van der Waals surface area (Å²) in [6, 6.07) is 0. The van der Waals surface area contributed by atoms with Crippen molar-refractivity contribution in [1.29, 1.82) is 0 Å². The Morgan fingerprint density at radius 1 is 0.654 bits per heavy atom. The van der Waals surface area contributed by atoms with Crippen LogP contribution in [0.4, 0.5) is 0 Å². The van der Waals surface area contributed by atoms with Gasteiger partial charge in [-0.2, -0.15) is 0 Å². The van der Waals surface area contributed by atoms with Crippen LogP contribution in [0.15, 0.2) is 0 Å². The molecular formula is C12H29N3O9P2. The molecule has 0 saturated carbocycles. The van der Waals surface area contributed by atoms with Gasteiger partial charge in [0.05, 0.1) is 19.8 Å². The van der Waals surface area contributed by atoms with E-state index in [1.807, 2.05) is 9.80 Å². The molecule has 0 aromatic rings. The van der Waals surface area contributed by atoms with E-state index in [9.17, 15) is 9.13 Å². The maximum absolute atomic E-state index is 10.8. The van der Waals surface area contributed by atoms with Gasteiger partial charge in [-0.15, -0.1) is 0 Å². The Morgan fingerprint density at radius 2 is 0.962 bits per heavy atom. The van der Waals surface area contributed by atoms with Crippen LogP contribution >= 0.6 is 15.6 Å². The van der Waals surface area contributed by atoms with Crippen LogP contribution in [0.2, 0.25) is 0 Å². The third-order valence-electron chi connectivity index (χ3n) is 3.95. The minimum absolute atomic E-state index is 0.0165. The van der Waals surface area contributed by atoms with Gasteiger partial charge in [-0.1, -0.05) is 0 Å². The second-order valence-corrected chi connectivity index (χ2v) is 8.37. The molecule has 14 heteroatoms. The molecule has 1 aliphatic rings. The maximum Gasteiger partial charge on any atom is 0.469 e. The monoisotopic (exact) mass is 421 g/mol. The van der Waals surface area contributed by atoms with Crippen LogP contribution in [-0.2, 0) is 18.2 Å². The van der Waals surface area contributed by atoms with Crippen LogP contribution in [0, 0.1) is 0 Å². The second kappa shape index (κ2) is 11.8. The summed E-state index contributed by atoms with van der Waals surface area (Å²) in [6.45, 7) is 4.86. The van der Waals surface area contributed by atoms with Crippen LogP contribution in [0.25, 0.3) is 0 Å². The number of aliphatic hydroxyl groups excluding tert-OH is 1. The standard InChI is InChI=1S/C12H29N3O9P2/c16-10-7-13-1-3-14(8-11-23-25(17,18)19)5-6-15(4-2-13)9-12-24-26(20,21)22/h16H,1-12H2,(H2,17,18,19)(H2,20,21,22). The molecule has 0 aromatic carbocycles. The van der Waals surface area contributed by atoms with Gasteiger partial charge < -0.3 is 24.7 Å². The fourth-order valence-corrected chi connectivity index (χ4v) is 3.21. The summed E-state index contributed by atoms with van der Waals surface area (Å²) < 4.78 is 30.5. The summed E-state index contributed by atoms with van der Waals surface area (Å²) in [6.07, 6.45) is 0. The molecule has 1 heterocycles. The van der Waals surface area contributed by atoms with Gasteiger partial charge in [0.25, 0.3) is 0 Å². The minimum Gasteiger partial charge on any atom is -0.395 e. The number of hydrogen-bond donors (Lipinski definition) is 5. The van der Waals surface area contributed by atoms with Crippen LogP contribution in [-0.4, -0.2) is 118 Å². The highest BCUT2D eigenvalue weighted by atomic mass is 31.2. The SMILES string of the molecule is O=P(O)(O)OCCN1CCN(CCO)CCN(CCOP(=O)(O)O)CC1. The molecule has 5 N–H and O–H groups in total. The highest BCUT2D eigenvalue weighted by molar-refractivity contribution is 7.46. The van der Waals surface area contributed by atoms with Gasteiger partial charge >= 0.3 is 15.6 Å². The molecule has 0 atom stereocenters. The van der Waals surface area contributed by atoms with Crippen molar-refractivity contribution in [2.45, 2.75) is 0 Å². The first-order chi connectivity index (χ1) is 12.1. The summed E-state index contributed by atoms with van der Waals surface area (Å²) >= 11 is 0. The van der Waals surface area contributed by atoms with Crippen molar-refractivity contribution in [3.8, 4) is 0 Å². The van der Waals surface area contributed by atoms with E-state index in [1.165, 1.54) is 0 Å². The van der Waals surface area contributed by atoms with Crippen molar-refractivity contribution in [3.05, 3.63) is 0 Å². The van der Waals surface area contributed by atoms with Crippen molar-refractivity contribution in [2.75, 3.05) is 78.7 Å². The molecule has 1 fully saturated rings. The van der Waals surface area contributed by atoms with Gasteiger partial charge in [-0.25, -0.2) is 9.13 Å². The summed E-state index contributed by atoms with van der Waals surface area (Å²) in [5.41, 5.74) is 0. The molecule has 0 aromatic heterocycles. The van der Waals surface area contributed by atoms with Crippen molar-refractivity contribution < 1.29 is 42.9 Å². The molecule has 0 radical (unpaired) electrons. The molecule has 0 unspecified atom stereocenters. The zero-order valence-electron chi connectivity index (χ0n) is 14.6. The smallest absolute Gasteiger partial charge is 0.395 e. The molecule has 12 nitrogen and oxygen atoms in total. The van der Waals surface area contributed by atoms with E-state index in [-0.39, 0.29) is 19.8 Å². The lowest BCUT2D eigenvalue weighted by Crippen LogP contribution is -2.38. The molecule has 26 heavy (non-hydrogen) atoms. The van der Waals surface area contributed by atoms with E-state index in [1.54, 1.807) is 0 Å². The van der Waals surface area contributed by atoms with Gasteiger partial charge in [0, 0.05) is 58.9 Å². The van der Waals surface area contributed by atoms with Gasteiger partial charge in [-0.3, -0.25) is 23.7 Å². The highest BCUT2D eigenvalue weighted by Gasteiger charge is 2.19. The predicted octanol–water partition coefficient (Wildman–Crippen LogP) is -1.88. The van der Waals surface area contributed by atoms with E-state index in [4.69, 9.17) is 24.7 Å².